The highest BCUT2D eigenvalue weighted by Gasteiger charge is 2.29. The Bertz CT molecular complexity index is 783. The van der Waals surface area contributed by atoms with Crippen molar-refractivity contribution in [1.82, 2.24) is 5.43 Å². The molecule has 126 valence electrons. The summed E-state index contributed by atoms with van der Waals surface area (Å²) in [6, 6.07) is 9.73. The van der Waals surface area contributed by atoms with Crippen LogP contribution in [0.1, 0.15) is 34.0 Å². The average Bonchev–Trinajstić information content (AvgIpc) is 2.54. The number of carbonyl (C=O) groups is 1. The molecule has 0 aliphatic rings. The van der Waals surface area contributed by atoms with Crippen LogP contribution in [0.4, 0.5) is 13.2 Å². The first-order chi connectivity index (χ1) is 11.2. The van der Waals surface area contributed by atoms with E-state index in [1.807, 2.05) is 6.92 Å². The average molecular weight is 399 g/mol. The van der Waals surface area contributed by atoms with Crippen molar-refractivity contribution in [2.75, 3.05) is 0 Å². The number of nitrogens with zero attached hydrogens (tertiary/aromatic N) is 1. The number of aryl methyl sites for hydroxylation is 1. The number of rotatable bonds is 3. The smallest absolute Gasteiger partial charge is 0.267 e. The number of amides is 1. The SMILES string of the molecule is C/C(=N\NC(=O)c1ccc(C)c(Br)c1)c1ccc(C(F)(F)F)cc1. The molecule has 0 radical (unpaired) electrons. The summed E-state index contributed by atoms with van der Waals surface area (Å²) in [5.41, 5.74) is 3.99. The van der Waals surface area contributed by atoms with Gasteiger partial charge >= 0.3 is 6.18 Å². The van der Waals surface area contributed by atoms with Crippen molar-refractivity contribution in [3.63, 3.8) is 0 Å². The fourth-order valence-corrected chi connectivity index (χ4v) is 2.28. The van der Waals surface area contributed by atoms with Crippen molar-refractivity contribution >= 4 is 27.5 Å². The van der Waals surface area contributed by atoms with Crippen LogP contribution in [0.25, 0.3) is 0 Å². The Morgan fingerprint density at radius 2 is 1.67 bits per heavy atom. The van der Waals surface area contributed by atoms with E-state index in [0.717, 1.165) is 22.2 Å². The van der Waals surface area contributed by atoms with E-state index < -0.39 is 17.6 Å². The van der Waals surface area contributed by atoms with Crippen molar-refractivity contribution in [2.24, 2.45) is 5.10 Å². The normalized spacial score (nSPS) is 12.2. The minimum Gasteiger partial charge on any atom is -0.267 e. The highest BCUT2D eigenvalue weighted by atomic mass is 79.9. The van der Waals surface area contributed by atoms with Gasteiger partial charge in [-0.05, 0) is 49.2 Å². The summed E-state index contributed by atoms with van der Waals surface area (Å²) in [5, 5.41) is 3.94. The van der Waals surface area contributed by atoms with Crippen LogP contribution in [-0.4, -0.2) is 11.6 Å². The van der Waals surface area contributed by atoms with Crippen LogP contribution in [0.15, 0.2) is 52.0 Å². The summed E-state index contributed by atoms with van der Waals surface area (Å²) in [6.45, 7) is 3.51. The molecule has 0 saturated heterocycles. The highest BCUT2D eigenvalue weighted by molar-refractivity contribution is 9.10. The Balaban J connectivity index is 2.10. The summed E-state index contributed by atoms with van der Waals surface area (Å²) in [5.74, 6) is -0.401. The van der Waals surface area contributed by atoms with Crippen LogP contribution in [-0.2, 0) is 6.18 Å². The van der Waals surface area contributed by atoms with E-state index in [-0.39, 0.29) is 0 Å². The lowest BCUT2D eigenvalue weighted by Gasteiger charge is -2.08. The minimum atomic E-state index is -4.38. The van der Waals surface area contributed by atoms with Gasteiger partial charge < -0.3 is 0 Å². The molecule has 2 aromatic rings. The molecule has 0 atom stereocenters. The number of halogens is 4. The maximum atomic E-state index is 12.5. The molecular formula is C17H14BrF3N2O. The van der Waals surface area contributed by atoms with E-state index in [1.165, 1.54) is 12.1 Å². The van der Waals surface area contributed by atoms with Gasteiger partial charge in [0.2, 0.25) is 0 Å². The first kappa shape index (κ1) is 18.2. The molecule has 0 heterocycles. The number of alkyl halides is 3. The second-order valence-electron chi connectivity index (χ2n) is 5.18. The lowest BCUT2D eigenvalue weighted by molar-refractivity contribution is -0.137. The maximum Gasteiger partial charge on any atom is 0.416 e. The van der Waals surface area contributed by atoms with E-state index in [4.69, 9.17) is 0 Å². The molecule has 3 nitrogen and oxygen atoms in total. The van der Waals surface area contributed by atoms with Crippen LogP contribution < -0.4 is 5.43 Å². The quantitative estimate of drug-likeness (QED) is 0.577. The van der Waals surface area contributed by atoms with Crippen LogP contribution in [0.3, 0.4) is 0 Å². The standard InChI is InChI=1S/C17H14BrF3N2O/c1-10-3-4-13(9-15(10)18)16(24)23-22-11(2)12-5-7-14(8-6-12)17(19,20)21/h3-9H,1-2H3,(H,23,24)/b22-11+. The Morgan fingerprint density at radius 1 is 1.08 bits per heavy atom. The van der Waals surface area contributed by atoms with E-state index >= 15 is 0 Å². The van der Waals surface area contributed by atoms with Gasteiger partial charge in [-0.3, -0.25) is 4.79 Å². The van der Waals surface area contributed by atoms with Crippen LogP contribution in [0, 0.1) is 6.92 Å². The van der Waals surface area contributed by atoms with Crippen molar-refractivity contribution in [3.8, 4) is 0 Å². The van der Waals surface area contributed by atoms with Crippen LogP contribution in [0.2, 0.25) is 0 Å². The van der Waals surface area contributed by atoms with Gasteiger partial charge in [0.25, 0.3) is 5.91 Å². The third kappa shape index (κ3) is 4.44. The van der Waals surface area contributed by atoms with Crippen LogP contribution in [0.5, 0.6) is 0 Å². The highest BCUT2D eigenvalue weighted by Crippen LogP contribution is 2.29. The predicted molar refractivity (Wildman–Crippen MR) is 90.0 cm³/mol. The molecule has 0 unspecified atom stereocenters. The Hall–Kier alpha value is -2.15. The number of hydrogen-bond acceptors (Lipinski definition) is 2. The second kappa shape index (κ2) is 7.17. The van der Waals surface area contributed by atoms with Gasteiger partial charge in [0.15, 0.2) is 0 Å². The lowest BCUT2D eigenvalue weighted by Crippen LogP contribution is -2.19. The van der Waals surface area contributed by atoms with Crippen molar-refractivity contribution in [2.45, 2.75) is 20.0 Å². The molecule has 0 aromatic heterocycles. The first-order valence-electron chi connectivity index (χ1n) is 6.97. The van der Waals surface area contributed by atoms with E-state index in [2.05, 4.69) is 26.5 Å². The largest absolute Gasteiger partial charge is 0.416 e. The molecule has 24 heavy (non-hydrogen) atoms. The Kier molecular flexibility index (Phi) is 5.43. The molecule has 0 spiro atoms. The molecule has 2 aromatic carbocycles. The molecule has 0 aliphatic carbocycles. The van der Waals surface area contributed by atoms with Crippen molar-refractivity contribution in [3.05, 3.63) is 69.2 Å². The zero-order chi connectivity index (χ0) is 17.9. The molecule has 2 rings (SSSR count). The van der Waals surface area contributed by atoms with Gasteiger partial charge in [-0.2, -0.15) is 18.3 Å². The number of nitrogens with one attached hydrogen (secondary N) is 1. The molecule has 0 aliphatic heterocycles. The van der Waals surface area contributed by atoms with Gasteiger partial charge in [0.05, 0.1) is 11.3 Å². The molecule has 0 saturated carbocycles. The van der Waals surface area contributed by atoms with Crippen LogP contribution >= 0.6 is 15.9 Å². The third-order valence-electron chi connectivity index (χ3n) is 3.39. The van der Waals surface area contributed by atoms with E-state index in [0.29, 0.717) is 16.8 Å². The van der Waals surface area contributed by atoms with Gasteiger partial charge in [0.1, 0.15) is 0 Å². The monoisotopic (exact) mass is 398 g/mol. The lowest BCUT2D eigenvalue weighted by atomic mass is 10.1. The maximum absolute atomic E-state index is 12.5. The summed E-state index contributed by atoms with van der Waals surface area (Å²) >= 11 is 3.35. The van der Waals surface area contributed by atoms with Crippen molar-refractivity contribution < 1.29 is 18.0 Å². The molecule has 7 heteroatoms. The first-order valence-corrected chi connectivity index (χ1v) is 7.76. The van der Waals surface area contributed by atoms with Gasteiger partial charge in [-0.1, -0.05) is 34.1 Å². The zero-order valence-corrected chi connectivity index (χ0v) is 14.5. The number of hydrogen-bond donors (Lipinski definition) is 1. The van der Waals surface area contributed by atoms with E-state index in [9.17, 15) is 18.0 Å². The van der Waals surface area contributed by atoms with E-state index in [1.54, 1.807) is 25.1 Å². The summed E-state index contributed by atoms with van der Waals surface area (Å²) < 4.78 is 38.4. The summed E-state index contributed by atoms with van der Waals surface area (Å²) in [4.78, 5) is 12.0. The minimum absolute atomic E-state index is 0.401. The molecule has 1 amide bonds. The van der Waals surface area contributed by atoms with Gasteiger partial charge in [0, 0.05) is 10.0 Å². The number of carbonyl (C=O) groups excluding carboxylic acids is 1. The molecule has 0 fully saturated rings. The van der Waals surface area contributed by atoms with Crippen molar-refractivity contribution in [1.29, 1.82) is 0 Å². The third-order valence-corrected chi connectivity index (χ3v) is 4.24. The molecular weight excluding hydrogens is 385 g/mol. The molecule has 0 bridgehead atoms. The fraction of sp³-hybridized carbons (Fsp3) is 0.176. The van der Waals surface area contributed by atoms with Gasteiger partial charge in [-0.25, -0.2) is 5.43 Å². The summed E-state index contributed by atoms with van der Waals surface area (Å²) in [7, 11) is 0. The Labute approximate surface area is 145 Å². The summed E-state index contributed by atoms with van der Waals surface area (Å²) in [6.07, 6.45) is -4.38. The zero-order valence-electron chi connectivity index (χ0n) is 12.9. The number of benzene rings is 2. The predicted octanol–water partition coefficient (Wildman–Crippen LogP) is 4.93. The topological polar surface area (TPSA) is 41.5 Å². The number of hydrazone groups is 1. The fourth-order valence-electron chi connectivity index (χ4n) is 1.90. The molecule has 1 N–H and O–H groups in total. The van der Waals surface area contributed by atoms with Gasteiger partial charge in [-0.15, -0.1) is 0 Å². The Morgan fingerprint density at radius 3 is 2.21 bits per heavy atom. The second-order valence-corrected chi connectivity index (χ2v) is 6.03.